The summed E-state index contributed by atoms with van der Waals surface area (Å²) in [5, 5.41) is 20.5. The summed E-state index contributed by atoms with van der Waals surface area (Å²) >= 11 is 0. The number of fused-ring (bicyclic) bond motifs is 1. The molecule has 0 bridgehead atoms. The SMILES string of the molecule is COc1c(O)cc(C)c2c1CC[C@@](C)(CC/C=C(\C)CC/C=C(\C)CCC(O)C(C)(C)OC)O2. The molecule has 5 nitrogen and oxygen atoms in total. The molecular formula is C29H46O5. The summed E-state index contributed by atoms with van der Waals surface area (Å²) in [4.78, 5) is 0. The Morgan fingerprint density at radius 2 is 1.82 bits per heavy atom. The van der Waals surface area contributed by atoms with E-state index in [0.29, 0.717) is 12.2 Å². The molecule has 2 N–H and O–H groups in total. The highest BCUT2D eigenvalue weighted by atomic mass is 16.5. The monoisotopic (exact) mass is 474 g/mol. The minimum absolute atomic E-state index is 0.184. The fourth-order valence-electron chi connectivity index (χ4n) is 4.51. The lowest BCUT2D eigenvalue weighted by atomic mass is 9.87. The van der Waals surface area contributed by atoms with E-state index in [0.717, 1.165) is 61.8 Å². The number of ether oxygens (including phenoxy) is 3. The number of rotatable bonds is 12. The molecule has 1 aliphatic heterocycles. The highest BCUT2D eigenvalue weighted by Crippen LogP contribution is 2.46. The Bertz CT molecular complexity index is 883. The van der Waals surface area contributed by atoms with Crippen molar-refractivity contribution in [1.82, 2.24) is 0 Å². The van der Waals surface area contributed by atoms with Gasteiger partial charge in [-0.15, -0.1) is 0 Å². The van der Waals surface area contributed by atoms with Gasteiger partial charge in [-0.1, -0.05) is 23.3 Å². The van der Waals surface area contributed by atoms with Crippen LogP contribution in [0, 0.1) is 6.92 Å². The standard InChI is InChI=1S/C29H46O5/c1-20(11-9-12-21(2)14-15-25(31)28(4,5)33-8)13-10-17-29(6)18-16-23-26(34-29)22(3)19-24(30)27(23)32-7/h12-13,19,25,30-31H,9-11,14-18H2,1-8H3/b20-13+,21-12+/t25?,29-/m1/s1. The summed E-state index contributed by atoms with van der Waals surface area (Å²) < 4.78 is 17.2. The Morgan fingerprint density at radius 3 is 2.47 bits per heavy atom. The third-order valence-corrected chi connectivity index (χ3v) is 7.29. The second-order valence-electron chi connectivity index (χ2n) is 10.6. The van der Waals surface area contributed by atoms with E-state index in [1.807, 2.05) is 20.8 Å². The largest absolute Gasteiger partial charge is 0.504 e. The molecule has 0 saturated heterocycles. The molecule has 1 aliphatic rings. The fourth-order valence-corrected chi connectivity index (χ4v) is 4.51. The first kappa shape index (κ1) is 28.3. The smallest absolute Gasteiger partial charge is 0.167 e. The summed E-state index contributed by atoms with van der Waals surface area (Å²) in [7, 11) is 3.23. The Morgan fingerprint density at radius 1 is 1.18 bits per heavy atom. The van der Waals surface area contributed by atoms with E-state index in [9.17, 15) is 10.2 Å². The molecule has 0 saturated carbocycles. The van der Waals surface area contributed by atoms with Crippen LogP contribution >= 0.6 is 0 Å². The van der Waals surface area contributed by atoms with Gasteiger partial charge in [0.2, 0.25) is 0 Å². The van der Waals surface area contributed by atoms with Crippen LogP contribution in [0.4, 0.5) is 0 Å². The molecular weight excluding hydrogens is 428 g/mol. The van der Waals surface area contributed by atoms with E-state index in [1.54, 1.807) is 20.3 Å². The molecule has 1 unspecified atom stereocenters. The molecule has 1 heterocycles. The zero-order valence-corrected chi connectivity index (χ0v) is 22.6. The van der Waals surface area contributed by atoms with Gasteiger partial charge in [0.15, 0.2) is 11.5 Å². The number of hydrogen-bond donors (Lipinski definition) is 2. The van der Waals surface area contributed by atoms with Crippen molar-refractivity contribution in [2.45, 2.75) is 110 Å². The predicted molar refractivity (Wildman–Crippen MR) is 139 cm³/mol. The zero-order valence-electron chi connectivity index (χ0n) is 22.6. The first-order valence-electron chi connectivity index (χ1n) is 12.6. The molecule has 2 atom stereocenters. The van der Waals surface area contributed by atoms with E-state index in [-0.39, 0.29) is 11.4 Å². The molecule has 1 aromatic rings. The van der Waals surface area contributed by atoms with Crippen molar-refractivity contribution in [3.8, 4) is 17.2 Å². The maximum Gasteiger partial charge on any atom is 0.167 e. The molecule has 0 aromatic heterocycles. The van der Waals surface area contributed by atoms with Crippen LogP contribution in [-0.2, 0) is 11.2 Å². The molecule has 2 rings (SSSR count). The number of aryl methyl sites for hydroxylation is 1. The molecule has 0 spiro atoms. The molecule has 5 heteroatoms. The fraction of sp³-hybridized carbons (Fsp3) is 0.655. The van der Waals surface area contributed by atoms with Crippen LogP contribution in [0.5, 0.6) is 17.2 Å². The minimum atomic E-state index is -0.507. The maximum absolute atomic E-state index is 10.3. The van der Waals surface area contributed by atoms with Gasteiger partial charge in [0.1, 0.15) is 11.4 Å². The molecule has 192 valence electrons. The average molecular weight is 475 g/mol. The lowest BCUT2D eigenvalue weighted by molar-refractivity contribution is -0.0797. The van der Waals surface area contributed by atoms with Crippen LogP contribution < -0.4 is 9.47 Å². The Hall–Kier alpha value is -1.98. The van der Waals surface area contributed by atoms with E-state index in [4.69, 9.17) is 14.2 Å². The normalized spacial score (nSPS) is 20.0. The highest BCUT2D eigenvalue weighted by Gasteiger charge is 2.34. The Labute approximate surface area is 206 Å². The second kappa shape index (κ2) is 12.1. The van der Waals surface area contributed by atoms with Crippen molar-refractivity contribution in [1.29, 1.82) is 0 Å². The van der Waals surface area contributed by atoms with Gasteiger partial charge in [-0.3, -0.25) is 0 Å². The van der Waals surface area contributed by atoms with Crippen LogP contribution in [0.2, 0.25) is 0 Å². The van der Waals surface area contributed by atoms with Gasteiger partial charge in [0, 0.05) is 12.7 Å². The number of methoxy groups -OCH3 is 2. The van der Waals surface area contributed by atoms with Gasteiger partial charge in [0.05, 0.1) is 18.8 Å². The van der Waals surface area contributed by atoms with Gasteiger partial charge in [0.25, 0.3) is 0 Å². The van der Waals surface area contributed by atoms with Crippen molar-refractivity contribution in [3.63, 3.8) is 0 Å². The molecule has 0 radical (unpaired) electrons. The number of phenolic OH excluding ortho intramolecular Hbond substituents is 1. The number of aliphatic hydroxyl groups is 1. The quantitative estimate of drug-likeness (QED) is 0.326. The van der Waals surface area contributed by atoms with Gasteiger partial charge in [-0.25, -0.2) is 0 Å². The van der Waals surface area contributed by atoms with E-state index in [1.165, 1.54) is 11.1 Å². The summed E-state index contributed by atoms with van der Waals surface area (Å²) in [6.07, 6.45) is 11.5. The molecule has 0 fully saturated rings. The minimum Gasteiger partial charge on any atom is -0.504 e. The van der Waals surface area contributed by atoms with Gasteiger partial charge in [-0.2, -0.15) is 0 Å². The van der Waals surface area contributed by atoms with Gasteiger partial charge < -0.3 is 24.4 Å². The van der Waals surface area contributed by atoms with Crippen LogP contribution in [0.25, 0.3) is 0 Å². The van der Waals surface area contributed by atoms with E-state index >= 15 is 0 Å². The van der Waals surface area contributed by atoms with Crippen LogP contribution in [0.15, 0.2) is 29.4 Å². The number of benzene rings is 1. The van der Waals surface area contributed by atoms with Crippen LogP contribution in [-0.4, -0.2) is 41.7 Å². The Kier molecular flexibility index (Phi) is 10.1. The van der Waals surface area contributed by atoms with Gasteiger partial charge in [-0.05, 0) is 105 Å². The van der Waals surface area contributed by atoms with Crippen molar-refractivity contribution in [2.24, 2.45) is 0 Å². The van der Waals surface area contributed by atoms with E-state index < -0.39 is 11.7 Å². The Balaban J connectivity index is 1.83. The van der Waals surface area contributed by atoms with Crippen molar-refractivity contribution in [3.05, 3.63) is 40.5 Å². The summed E-state index contributed by atoms with van der Waals surface area (Å²) in [5.41, 5.74) is 3.91. The third-order valence-electron chi connectivity index (χ3n) is 7.29. The number of allylic oxidation sites excluding steroid dienone is 4. The summed E-state index contributed by atoms with van der Waals surface area (Å²) in [6, 6.07) is 1.72. The number of phenols is 1. The van der Waals surface area contributed by atoms with Gasteiger partial charge >= 0.3 is 0 Å². The van der Waals surface area contributed by atoms with E-state index in [2.05, 4.69) is 32.9 Å². The third kappa shape index (κ3) is 7.51. The zero-order chi connectivity index (χ0) is 25.5. The lowest BCUT2D eigenvalue weighted by Gasteiger charge is -2.37. The first-order chi connectivity index (χ1) is 15.9. The summed E-state index contributed by atoms with van der Waals surface area (Å²) in [6.45, 7) is 12.3. The molecule has 34 heavy (non-hydrogen) atoms. The maximum atomic E-state index is 10.3. The predicted octanol–water partition coefficient (Wildman–Crippen LogP) is 6.81. The molecule has 1 aromatic carbocycles. The van der Waals surface area contributed by atoms with Crippen LogP contribution in [0.3, 0.4) is 0 Å². The highest BCUT2D eigenvalue weighted by molar-refractivity contribution is 5.58. The molecule has 0 amide bonds. The number of aliphatic hydroxyl groups excluding tert-OH is 1. The number of hydrogen-bond acceptors (Lipinski definition) is 5. The summed E-state index contributed by atoms with van der Waals surface area (Å²) in [5.74, 6) is 1.59. The van der Waals surface area contributed by atoms with Crippen molar-refractivity contribution in [2.75, 3.05) is 14.2 Å². The molecule has 0 aliphatic carbocycles. The first-order valence-corrected chi connectivity index (χ1v) is 12.6. The van der Waals surface area contributed by atoms with Crippen molar-refractivity contribution >= 4 is 0 Å². The average Bonchev–Trinajstić information content (AvgIpc) is 2.78. The van der Waals surface area contributed by atoms with Crippen molar-refractivity contribution < 1.29 is 24.4 Å². The lowest BCUT2D eigenvalue weighted by Crippen LogP contribution is -2.37. The van der Waals surface area contributed by atoms with Crippen LogP contribution in [0.1, 0.15) is 90.7 Å². The number of aromatic hydroxyl groups is 1. The second-order valence-corrected chi connectivity index (χ2v) is 10.6. The topological polar surface area (TPSA) is 68.2 Å².